The van der Waals surface area contributed by atoms with Crippen LogP contribution in [0.3, 0.4) is 0 Å². The smallest absolute Gasteiger partial charge is 0.285 e. The number of aromatic nitrogens is 3. The average molecular weight is 560 g/mol. The van der Waals surface area contributed by atoms with Crippen molar-refractivity contribution in [3.63, 3.8) is 0 Å². The lowest BCUT2D eigenvalue weighted by molar-refractivity contribution is 0.0977. The third kappa shape index (κ3) is 5.72. The molecular formula is C25H26ClN5O6S. The summed E-state index contributed by atoms with van der Waals surface area (Å²) in [6, 6.07) is 6.08. The van der Waals surface area contributed by atoms with Crippen LogP contribution in [0.5, 0.6) is 0 Å². The summed E-state index contributed by atoms with van der Waals surface area (Å²) in [7, 11) is -3.84. The van der Waals surface area contributed by atoms with Gasteiger partial charge in [0.1, 0.15) is 16.5 Å². The van der Waals surface area contributed by atoms with Crippen molar-refractivity contribution in [1.29, 1.82) is 0 Å². The van der Waals surface area contributed by atoms with E-state index in [2.05, 4.69) is 15.4 Å². The van der Waals surface area contributed by atoms with Gasteiger partial charge in [-0.1, -0.05) is 17.7 Å². The number of aryl methyl sites for hydroxylation is 1. The molecule has 0 fully saturated rings. The Morgan fingerprint density at radius 1 is 1.26 bits per heavy atom. The zero-order valence-electron chi connectivity index (χ0n) is 21.1. The molecule has 0 radical (unpaired) electrons. The maximum atomic E-state index is 13.4. The summed E-state index contributed by atoms with van der Waals surface area (Å²) in [5, 5.41) is 17.0. The summed E-state index contributed by atoms with van der Waals surface area (Å²) in [4.78, 5) is 30.0. The molecule has 4 rings (SSSR count). The Morgan fingerprint density at radius 3 is 2.68 bits per heavy atom. The second-order valence-electron chi connectivity index (χ2n) is 8.93. The molecule has 0 spiro atoms. The molecule has 38 heavy (non-hydrogen) atoms. The van der Waals surface area contributed by atoms with Crippen molar-refractivity contribution >= 4 is 44.2 Å². The van der Waals surface area contributed by atoms with Crippen LogP contribution in [0.4, 0.5) is 5.69 Å². The van der Waals surface area contributed by atoms with E-state index in [-0.39, 0.29) is 28.6 Å². The minimum absolute atomic E-state index is 0.00992. The predicted octanol–water partition coefficient (Wildman–Crippen LogP) is 3.18. The summed E-state index contributed by atoms with van der Waals surface area (Å²) in [6.07, 6.45) is 4.11. The number of amides is 1. The first-order valence-electron chi connectivity index (χ1n) is 11.5. The number of fused-ring (bicyclic) bond motifs is 1. The van der Waals surface area contributed by atoms with E-state index in [1.807, 2.05) is 17.7 Å². The molecule has 4 aromatic rings. The normalized spacial score (nSPS) is 12.5. The number of carbonyl (C=O) groups excluding carboxylic acids is 1. The topological polar surface area (TPSA) is 156 Å². The number of hydrogen-bond donors (Lipinski definition) is 3. The lowest BCUT2D eigenvalue weighted by Crippen LogP contribution is -2.31. The van der Waals surface area contributed by atoms with Gasteiger partial charge in [-0.25, -0.2) is 18.1 Å². The second-order valence-corrected chi connectivity index (χ2v) is 11.1. The number of halogens is 1. The number of rotatable bonds is 8. The monoisotopic (exact) mass is 559 g/mol. The molecule has 11 nitrogen and oxygen atoms in total. The third-order valence-corrected chi connectivity index (χ3v) is 6.58. The van der Waals surface area contributed by atoms with Gasteiger partial charge in [0.2, 0.25) is 10.0 Å². The number of pyridine rings is 1. The van der Waals surface area contributed by atoms with Crippen LogP contribution in [0.15, 0.2) is 45.9 Å². The average Bonchev–Trinajstić information content (AvgIpc) is 3.29. The Bertz CT molecular complexity index is 1710. The van der Waals surface area contributed by atoms with Crippen LogP contribution in [-0.4, -0.2) is 47.1 Å². The number of carbonyl (C=O) groups is 1. The van der Waals surface area contributed by atoms with E-state index in [1.165, 1.54) is 12.1 Å². The molecule has 3 aromatic heterocycles. The molecule has 0 bridgehead atoms. The maximum Gasteiger partial charge on any atom is 0.285 e. The van der Waals surface area contributed by atoms with Gasteiger partial charge in [0.25, 0.3) is 5.91 Å². The molecule has 0 aliphatic carbocycles. The Hall–Kier alpha value is -3.74. The van der Waals surface area contributed by atoms with Gasteiger partial charge in [-0.2, -0.15) is 5.10 Å². The van der Waals surface area contributed by atoms with Gasteiger partial charge in [0.15, 0.2) is 11.1 Å². The first kappa shape index (κ1) is 27.3. The number of anilines is 1. The maximum absolute atomic E-state index is 13.4. The lowest BCUT2D eigenvalue weighted by Gasteiger charge is -2.20. The quantitative estimate of drug-likeness (QED) is 0.276. The van der Waals surface area contributed by atoms with Crippen LogP contribution in [-0.2, 0) is 16.6 Å². The van der Waals surface area contributed by atoms with Crippen molar-refractivity contribution in [2.75, 3.05) is 18.2 Å². The minimum atomic E-state index is -3.84. The van der Waals surface area contributed by atoms with E-state index >= 15 is 0 Å². The molecule has 3 heterocycles. The summed E-state index contributed by atoms with van der Waals surface area (Å²) in [5.74, 6) is -0.589. The van der Waals surface area contributed by atoms with E-state index in [0.717, 1.165) is 11.8 Å². The summed E-state index contributed by atoms with van der Waals surface area (Å²) >= 11 is 5.98. The number of nitrogens with one attached hydrogen (secondary N) is 2. The molecule has 1 atom stereocenters. The Labute approximate surface area is 223 Å². The van der Waals surface area contributed by atoms with E-state index in [4.69, 9.17) is 16.0 Å². The third-order valence-electron chi connectivity index (χ3n) is 5.81. The van der Waals surface area contributed by atoms with Crippen molar-refractivity contribution in [1.82, 2.24) is 19.5 Å². The summed E-state index contributed by atoms with van der Waals surface area (Å²) < 4.78 is 33.0. The van der Waals surface area contributed by atoms with Crippen LogP contribution in [0, 0.1) is 13.8 Å². The van der Waals surface area contributed by atoms with Gasteiger partial charge in [-0.05, 0) is 44.5 Å². The van der Waals surface area contributed by atoms with Crippen LogP contribution in [0.25, 0.3) is 22.3 Å². The second kappa shape index (κ2) is 10.6. The summed E-state index contributed by atoms with van der Waals surface area (Å²) in [5.41, 5.74) is 2.63. The molecule has 1 amide bonds. The number of benzene rings is 1. The minimum Gasteiger partial charge on any atom is -0.455 e. The molecule has 13 heteroatoms. The molecular weight excluding hydrogens is 534 g/mol. The van der Waals surface area contributed by atoms with Crippen molar-refractivity contribution in [3.8, 4) is 11.3 Å². The summed E-state index contributed by atoms with van der Waals surface area (Å²) in [6.45, 7) is 5.55. The van der Waals surface area contributed by atoms with E-state index in [1.54, 1.807) is 37.0 Å². The zero-order valence-corrected chi connectivity index (χ0v) is 22.6. The largest absolute Gasteiger partial charge is 0.455 e. The first-order chi connectivity index (χ1) is 17.9. The zero-order chi connectivity index (χ0) is 27.8. The highest BCUT2D eigenvalue weighted by Crippen LogP contribution is 2.32. The fraction of sp³-hybridized carbons (Fsp3) is 0.280. The van der Waals surface area contributed by atoms with Crippen LogP contribution in [0.2, 0.25) is 5.15 Å². The number of hydrogen-bond acceptors (Lipinski definition) is 9. The first-order valence-corrected chi connectivity index (χ1v) is 13.8. The van der Waals surface area contributed by atoms with E-state index < -0.39 is 22.0 Å². The van der Waals surface area contributed by atoms with Gasteiger partial charge < -0.3 is 14.8 Å². The highest BCUT2D eigenvalue weighted by atomic mass is 35.5. The Balaban J connectivity index is 1.81. The standard InChI is InChI=1S/C25H26ClN5O6S/c1-13-9-17(15(3)28-19-5-6-20(26)29-21(19)25(34)30-38(4,35)36)24-18(10-13)22(33)14(2)23(37-24)16-11-27-31(12-16)7-8-32/h5-6,9-12,15,28,32H,7-8H2,1-4H3,(H,30,34)/t15-/m1/s1. The Kier molecular flexibility index (Phi) is 7.58. The van der Waals surface area contributed by atoms with E-state index in [9.17, 15) is 23.1 Å². The molecule has 0 aliphatic rings. The van der Waals surface area contributed by atoms with Crippen molar-refractivity contribution in [2.24, 2.45) is 0 Å². The van der Waals surface area contributed by atoms with Gasteiger partial charge in [0, 0.05) is 17.3 Å². The number of aliphatic hydroxyl groups excluding tert-OH is 1. The number of nitrogens with zero attached hydrogens (tertiary/aromatic N) is 3. The van der Waals surface area contributed by atoms with Crippen molar-refractivity contribution in [2.45, 2.75) is 33.4 Å². The molecule has 3 N–H and O–H groups in total. The fourth-order valence-corrected chi connectivity index (χ4v) is 4.70. The van der Waals surface area contributed by atoms with Crippen molar-refractivity contribution in [3.05, 3.63) is 74.4 Å². The molecule has 0 saturated carbocycles. The van der Waals surface area contributed by atoms with Crippen LogP contribution >= 0.6 is 11.6 Å². The highest BCUT2D eigenvalue weighted by Gasteiger charge is 2.23. The Morgan fingerprint density at radius 2 is 2.00 bits per heavy atom. The van der Waals surface area contributed by atoms with Crippen molar-refractivity contribution < 1.29 is 22.7 Å². The van der Waals surface area contributed by atoms with Gasteiger partial charge in [-0.3, -0.25) is 14.3 Å². The van der Waals surface area contributed by atoms with Gasteiger partial charge in [0.05, 0.1) is 48.3 Å². The van der Waals surface area contributed by atoms with Crippen LogP contribution in [0.1, 0.15) is 40.1 Å². The molecule has 200 valence electrons. The van der Waals surface area contributed by atoms with Gasteiger partial charge >= 0.3 is 0 Å². The molecule has 0 aliphatic heterocycles. The van der Waals surface area contributed by atoms with Gasteiger partial charge in [-0.15, -0.1) is 0 Å². The molecule has 1 aromatic carbocycles. The molecule has 0 unspecified atom stereocenters. The lowest BCUT2D eigenvalue weighted by atomic mass is 9.99. The van der Waals surface area contributed by atoms with Crippen LogP contribution < -0.4 is 15.5 Å². The highest BCUT2D eigenvalue weighted by molar-refractivity contribution is 7.89. The fourth-order valence-electron chi connectivity index (χ4n) is 4.12. The van der Waals surface area contributed by atoms with E-state index in [0.29, 0.717) is 40.0 Å². The number of aliphatic hydroxyl groups is 1. The number of sulfonamides is 1. The molecule has 0 saturated heterocycles. The predicted molar refractivity (Wildman–Crippen MR) is 144 cm³/mol. The SMILES string of the molecule is Cc1cc([C@@H](C)Nc2ccc(Cl)nc2C(=O)NS(C)(=O)=O)c2oc(-c3cnn(CCO)c3)c(C)c(=O)c2c1.